The first-order valence-electron chi connectivity index (χ1n) is 10.1. The standard InChI is InChI=1S/C24H24N2O5/c1-4-29-24(28)25-18-9-10-19-17(12-23(27)31-22(19)13-18)14-26(3)15(2)21-11-16-7-5-6-8-20(16)30-21/h5-13,15H,4,14H2,1-3H3,(H,25,28). The zero-order valence-corrected chi connectivity index (χ0v) is 17.7. The van der Waals surface area contributed by atoms with E-state index in [1.807, 2.05) is 43.4 Å². The average Bonchev–Trinajstić information content (AvgIpc) is 3.17. The molecule has 7 heteroatoms. The van der Waals surface area contributed by atoms with E-state index in [1.165, 1.54) is 6.07 Å². The van der Waals surface area contributed by atoms with E-state index in [4.69, 9.17) is 13.6 Å². The van der Waals surface area contributed by atoms with Crippen LogP contribution in [-0.2, 0) is 11.3 Å². The molecule has 0 bridgehead atoms. The summed E-state index contributed by atoms with van der Waals surface area (Å²) >= 11 is 0. The monoisotopic (exact) mass is 420 g/mol. The molecule has 0 saturated carbocycles. The summed E-state index contributed by atoms with van der Waals surface area (Å²) in [5.74, 6) is 0.858. The van der Waals surface area contributed by atoms with Crippen molar-refractivity contribution in [2.45, 2.75) is 26.4 Å². The third-order valence-corrected chi connectivity index (χ3v) is 5.29. The molecule has 1 N–H and O–H groups in total. The van der Waals surface area contributed by atoms with Gasteiger partial charge in [-0.05, 0) is 50.7 Å². The first-order valence-corrected chi connectivity index (χ1v) is 10.1. The van der Waals surface area contributed by atoms with Gasteiger partial charge in [0, 0.05) is 35.1 Å². The van der Waals surface area contributed by atoms with Gasteiger partial charge in [0.25, 0.3) is 0 Å². The van der Waals surface area contributed by atoms with Crippen molar-refractivity contribution in [1.29, 1.82) is 0 Å². The molecule has 1 atom stereocenters. The van der Waals surface area contributed by atoms with Crippen molar-refractivity contribution >= 4 is 33.7 Å². The summed E-state index contributed by atoms with van der Waals surface area (Å²) in [4.78, 5) is 25.9. The Bertz CT molecular complexity index is 1260. The lowest BCUT2D eigenvalue weighted by Crippen LogP contribution is -2.22. The van der Waals surface area contributed by atoms with Gasteiger partial charge in [-0.3, -0.25) is 10.2 Å². The summed E-state index contributed by atoms with van der Waals surface area (Å²) in [6.45, 7) is 4.58. The molecule has 160 valence electrons. The summed E-state index contributed by atoms with van der Waals surface area (Å²) in [6.07, 6.45) is -0.556. The molecule has 2 aromatic carbocycles. The highest BCUT2D eigenvalue weighted by molar-refractivity contribution is 5.90. The van der Waals surface area contributed by atoms with Gasteiger partial charge < -0.3 is 13.6 Å². The SMILES string of the molecule is CCOC(=O)Nc1ccc2c(CN(C)C(C)c3cc4ccccc4o3)cc(=O)oc2c1. The third kappa shape index (κ3) is 4.46. The average molecular weight is 420 g/mol. The van der Waals surface area contributed by atoms with Crippen LogP contribution in [0.15, 0.2) is 68.2 Å². The molecule has 31 heavy (non-hydrogen) atoms. The quantitative estimate of drug-likeness (QED) is 0.426. The normalized spacial score (nSPS) is 12.4. The largest absolute Gasteiger partial charge is 0.459 e. The number of furan rings is 1. The summed E-state index contributed by atoms with van der Waals surface area (Å²) in [6, 6.07) is 16.7. The van der Waals surface area contributed by atoms with Crippen molar-refractivity contribution in [1.82, 2.24) is 4.90 Å². The summed E-state index contributed by atoms with van der Waals surface area (Å²) in [5.41, 5.74) is 2.14. The summed E-state index contributed by atoms with van der Waals surface area (Å²) in [7, 11) is 1.98. The van der Waals surface area contributed by atoms with Crippen molar-refractivity contribution in [2.75, 3.05) is 19.0 Å². The van der Waals surface area contributed by atoms with E-state index in [9.17, 15) is 9.59 Å². The molecule has 0 aliphatic carbocycles. The molecule has 0 radical (unpaired) electrons. The van der Waals surface area contributed by atoms with Gasteiger partial charge in [-0.2, -0.15) is 0 Å². The lowest BCUT2D eigenvalue weighted by Gasteiger charge is -2.23. The Kier molecular flexibility index (Phi) is 5.77. The molecule has 0 fully saturated rings. The van der Waals surface area contributed by atoms with Gasteiger partial charge >= 0.3 is 11.7 Å². The number of hydrogen-bond acceptors (Lipinski definition) is 6. The minimum Gasteiger partial charge on any atom is -0.459 e. The Morgan fingerprint density at radius 2 is 1.90 bits per heavy atom. The fraction of sp³-hybridized carbons (Fsp3) is 0.250. The second-order valence-corrected chi connectivity index (χ2v) is 7.42. The smallest absolute Gasteiger partial charge is 0.411 e. The van der Waals surface area contributed by atoms with Gasteiger partial charge in [-0.25, -0.2) is 9.59 Å². The predicted molar refractivity (Wildman–Crippen MR) is 119 cm³/mol. The minimum atomic E-state index is -0.556. The fourth-order valence-corrected chi connectivity index (χ4v) is 3.55. The molecule has 2 heterocycles. The van der Waals surface area contributed by atoms with Crippen molar-refractivity contribution in [2.24, 2.45) is 0 Å². The Balaban J connectivity index is 1.59. The lowest BCUT2D eigenvalue weighted by molar-refractivity contribution is 0.168. The highest BCUT2D eigenvalue weighted by Crippen LogP contribution is 2.29. The van der Waals surface area contributed by atoms with Gasteiger partial charge in [0.1, 0.15) is 16.9 Å². The van der Waals surface area contributed by atoms with Crippen LogP contribution in [0.25, 0.3) is 21.9 Å². The number of rotatable bonds is 6. The van der Waals surface area contributed by atoms with Crippen molar-refractivity contribution in [3.8, 4) is 0 Å². The van der Waals surface area contributed by atoms with Crippen molar-refractivity contribution in [3.05, 3.63) is 76.3 Å². The number of hydrogen-bond donors (Lipinski definition) is 1. The number of amides is 1. The van der Waals surface area contributed by atoms with E-state index in [2.05, 4.69) is 17.1 Å². The second kappa shape index (κ2) is 8.65. The maximum absolute atomic E-state index is 12.2. The van der Waals surface area contributed by atoms with E-state index < -0.39 is 11.7 Å². The van der Waals surface area contributed by atoms with E-state index in [0.29, 0.717) is 17.8 Å². The Hall–Kier alpha value is -3.58. The van der Waals surface area contributed by atoms with Crippen LogP contribution in [0.3, 0.4) is 0 Å². The summed E-state index contributed by atoms with van der Waals surface area (Å²) < 4.78 is 16.3. The van der Waals surface area contributed by atoms with Crippen LogP contribution in [0.1, 0.15) is 31.2 Å². The van der Waals surface area contributed by atoms with Crippen molar-refractivity contribution in [3.63, 3.8) is 0 Å². The first-order chi connectivity index (χ1) is 14.9. The van der Waals surface area contributed by atoms with E-state index in [0.717, 1.165) is 27.7 Å². The first kappa shape index (κ1) is 20.7. The van der Waals surface area contributed by atoms with Gasteiger partial charge in [-0.1, -0.05) is 18.2 Å². The molecule has 4 rings (SSSR count). The lowest BCUT2D eigenvalue weighted by atomic mass is 10.1. The number of para-hydroxylation sites is 1. The number of fused-ring (bicyclic) bond motifs is 2. The Morgan fingerprint density at radius 1 is 1.10 bits per heavy atom. The molecule has 2 aromatic heterocycles. The second-order valence-electron chi connectivity index (χ2n) is 7.42. The number of anilines is 1. The van der Waals surface area contributed by atoms with Crippen LogP contribution in [0.5, 0.6) is 0 Å². The molecule has 1 unspecified atom stereocenters. The molecule has 4 aromatic rings. The highest BCUT2D eigenvalue weighted by atomic mass is 16.5. The number of nitrogens with zero attached hydrogens (tertiary/aromatic N) is 1. The fourth-order valence-electron chi connectivity index (χ4n) is 3.55. The van der Waals surface area contributed by atoms with Gasteiger partial charge in [0.2, 0.25) is 0 Å². The van der Waals surface area contributed by atoms with Crippen LogP contribution in [0.2, 0.25) is 0 Å². The van der Waals surface area contributed by atoms with Crippen LogP contribution in [0, 0.1) is 0 Å². The van der Waals surface area contributed by atoms with Crippen LogP contribution < -0.4 is 10.9 Å². The minimum absolute atomic E-state index is 0.000508. The van der Waals surface area contributed by atoms with Crippen LogP contribution >= 0.6 is 0 Å². The van der Waals surface area contributed by atoms with Crippen LogP contribution in [0.4, 0.5) is 10.5 Å². The Labute approximate surface area is 179 Å². The third-order valence-electron chi connectivity index (χ3n) is 5.29. The zero-order valence-electron chi connectivity index (χ0n) is 17.7. The topological polar surface area (TPSA) is 84.9 Å². The van der Waals surface area contributed by atoms with Gasteiger partial charge in [0.15, 0.2) is 0 Å². The Morgan fingerprint density at radius 3 is 2.68 bits per heavy atom. The van der Waals surface area contributed by atoms with Crippen LogP contribution in [-0.4, -0.2) is 24.6 Å². The molecular weight excluding hydrogens is 396 g/mol. The molecule has 0 aliphatic heterocycles. The van der Waals surface area contributed by atoms with Gasteiger partial charge in [0.05, 0.1) is 12.6 Å². The zero-order chi connectivity index (χ0) is 22.0. The van der Waals surface area contributed by atoms with Crippen molar-refractivity contribution < 1.29 is 18.4 Å². The molecular formula is C24H24N2O5. The number of ether oxygens (including phenoxy) is 1. The maximum atomic E-state index is 12.2. The van der Waals surface area contributed by atoms with E-state index >= 15 is 0 Å². The summed E-state index contributed by atoms with van der Waals surface area (Å²) in [5, 5.41) is 4.48. The molecule has 0 saturated heterocycles. The van der Waals surface area contributed by atoms with Gasteiger partial charge in [-0.15, -0.1) is 0 Å². The molecule has 7 nitrogen and oxygen atoms in total. The number of benzene rings is 2. The highest BCUT2D eigenvalue weighted by Gasteiger charge is 2.18. The molecule has 0 spiro atoms. The number of carbonyl (C=O) groups is 1. The van der Waals surface area contributed by atoms with E-state index in [1.54, 1.807) is 19.1 Å². The number of nitrogens with one attached hydrogen (secondary N) is 1. The van der Waals surface area contributed by atoms with E-state index in [-0.39, 0.29) is 12.6 Å². The number of carbonyl (C=O) groups excluding carboxylic acids is 1. The maximum Gasteiger partial charge on any atom is 0.411 e. The molecule has 0 aliphatic rings. The predicted octanol–water partition coefficient (Wildman–Crippen LogP) is 5.30. The molecule has 1 amide bonds.